The summed E-state index contributed by atoms with van der Waals surface area (Å²) in [7, 11) is -0.248. The van der Waals surface area contributed by atoms with Gasteiger partial charge in [-0.25, -0.2) is 13.1 Å². The lowest BCUT2D eigenvalue weighted by atomic mass is 10.1. The number of rotatable bonds is 5. The van der Waals surface area contributed by atoms with Gasteiger partial charge in [-0.05, 0) is 38.1 Å². The third-order valence-corrected chi connectivity index (χ3v) is 5.93. The summed E-state index contributed by atoms with van der Waals surface area (Å²) < 4.78 is 32.9. The molecule has 0 spiro atoms. The van der Waals surface area contributed by atoms with Crippen LogP contribution in [0.4, 0.5) is 0 Å². The van der Waals surface area contributed by atoms with Gasteiger partial charge in [0.2, 0.25) is 10.0 Å². The summed E-state index contributed by atoms with van der Waals surface area (Å²) in [6.07, 6.45) is 1.70. The zero-order valence-corrected chi connectivity index (χ0v) is 14.8. The topological polar surface area (TPSA) is 79.0 Å². The summed E-state index contributed by atoms with van der Waals surface area (Å²) in [5.41, 5.74) is 0.372. The van der Waals surface area contributed by atoms with Gasteiger partial charge in [0.25, 0.3) is 5.91 Å². The van der Waals surface area contributed by atoms with Crippen molar-refractivity contribution in [1.29, 1.82) is 0 Å². The molecule has 1 aromatic carbocycles. The van der Waals surface area contributed by atoms with Gasteiger partial charge in [0.15, 0.2) is 0 Å². The predicted octanol–water partition coefficient (Wildman–Crippen LogP) is 0.524. The fraction of sp³-hybridized carbons (Fsp3) is 0.562. The normalized spacial score (nSPS) is 19.3. The summed E-state index contributed by atoms with van der Waals surface area (Å²) in [5, 5.41) is 0. The molecule has 1 saturated heterocycles. The second-order valence-electron chi connectivity index (χ2n) is 6.36. The highest BCUT2D eigenvalue weighted by molar-refractivity contribution is 7.89. The predicted molar refractivity (Wildman–Crippen MR) is 89.7 cm³/mol. The van der Waals surface area contributed by atoms with Crippen LogP contribution < -0.4 is 9.46 Å². The Morgan fingerprint density at radius 1 is 1.21 bits per heavy atom. The number of nitrogens with one attached hydrogen (secondary N) is 1. The largest absolute Gasteiger partial charge is 0.495 e. The van der Waals surface area contributed by atoms with Crippen molar-refractivity contribution in [3.8, 4) is 5.75 Å². The van der Waals surface area contributed by atoms with Crippen molar-refractivity contribution in [2.45, 2.75) is 23.8 Å². The van der Waals surface area contributed by atoms with Crippen molar-refractivity contribution in [2.75, 3.05) is 40.3 Å². The molecule has 8 heteroatoms. The van der Waals surface area contributed by atoms with E-state index in [0.29, 0.717) is 18.7 Å². The number of amides is 1. The maximum atomic E-state index is 12.7. The monoisotopic (exact) mass is 353 g/mol. The first-order valence-electron chi connectivity index (χ1n) is 8.09. The first-order valence-corrected chi connectivity index (χ1v) is 9.57. The molecule has 1 aromatic rings. The molecule has 0 unspecified atom stereocenters. The molecule has 7 nitrogen and oxygen atoms in total. The molecule has 2 aliphatic rings. The number of hydrogen-bond donors (Lipinski definition) is 1. The SMILES string of the molecule is COc1ccc(C(=O)N2CCN(C)CC2)cc1S(=O)(=O)NC1CC1. The van der Waals surface area contributed by atoms with Gasteiger partial charge in [-0.2, -0.15) is 0 Å². The fourth-order valence-electron chi connectivity index (χ4n) is 2.70. The molecule has 132 valence electrons. The highest BCUT2D eigenvalue weighted by Crippen LogP contribution is 2.28. The van der Waals surface area contributed by atoms with E-state index < -0.39 is 10.0 Å². The van der Waals surface area contributed by atoms with E-state index in [4.69, 9.17) is 4.74 Å². The van der Waals surface area contributed by atoms with Gasteiger partial charge in [-0.1, -0.05) is 0 Å². The van der Waals surface area contributed by atoms with Crippen LogP contribution >= 0.6 is 0 Å². The Morgan fingerprint density at radius 3 is 2.46 bits per heavy atom. The third kappa shape index (κ3) is 3.71. The molecule has 0 bridgehead atoms. The second-order valence-corrected chi connectivity index (χ2v) is 8.04. The number of carbonyl (C=O) groups is 1. The average molecular weight is 353 g/mol. The molecule has 1 saturated carbocycles. The zero-order chi connectivity index (χ0) is 17.3. The number of likely N-dealkylation sites (N-methyl/N-ethyl adjacent to an activating group) is 1. The van der Waals surface area contributed by atoms with Gasteiger partial charge in [0, 0.05) is 37.8 Å². The van der Waals surface area contributed by atoms with E-state index >= 15 is 0 Å². The Balaban J connectivity index is 1.86. The van der Waals surface area contributed by atoms with E-state index in [2.05, 4.69) is 9.62 Å². The van der Waals surface area contributed by atoms with Crippen molar-refractivity contribution >= 4 is 15.9 Å². The first-order chi connectivity index (χ1) is 11.4. The minimum atomic E-state index is -3.69. The molecule has 1 amide bonds. The number of ether oxygens (including phenoxy) is 1. The minimum absolute atomic E-state index is 0.00306. The summed E-state index contributed by atoms with van der Waals surface area (Å²) in [6.45, 7) is 2.92. The summed E-state index contributed by atoms with van der Waals surface area (Å²) in [6, 6.07) is 4.58. The van der Waals surface area contributed by atoms with Gasteiger partial charge in [-0.3, -0.25) is 4.79 Å². The Hall–Kier alpha value is -1.64. The van der Waals surface area contributed by atoms with Crippen molar-refractivity contribution in [3.05, 3.63) is 23.8 Å². The van der Waals surface area contributed by atoms with Crippen LogP contribution in [0, 0.1) is 0 Å². The van der Waals surface area contributed by atoms with Crippen molar-refractivity contribution < 1.29 is 17.9 Å². The van der Waals surface area contributed by atoms with Crippen LogP contribution in [0.15, 0.2) is 23.1 Å². The van der Waals surface area contributed by atoms with Crippen molar-refractivity contribution in [1.82, 2.24) is 14.5 Å². The molecule has 2 fully saturated rings. The van der Waals surface area contributed by atoms with Gasteiger partial charge in [0.1, 0.15) is 10.6 Å². The molecular weight excluding hydrogens is 330 g/mol. The third-order valence-electron chi connectivity index (χ3n) is 4.39. The molecule has 0 radical (unpaired) electrons. The van der Waals surface area contributed by atoms with Gasteiger partial charge in [-0.15, -0.1) is 0 Å². The van der Waals surface area contributed by atoms with E-state index in [1.165, 1.54) is 13.2 Å². The smallest absolute Gasteiger partial charge is 0.253 e. The van der Waals surface area contributed by atoms with Crippen LogP contribution in [-0.2, 0) is 10.0 Å². The maximum Gasteiger partial charge on any atom is 0.253 e. The van der Waals surface area contributed by atoms with Crippen LogP contribution in [0.25, 0.3) is 0 Å². The molecule has 1 aliphatic heterocycles. The standard InChI is InChI=1S/C16H23N3O4S/c1-18-7-9-19(10-8-18)16(20)12-3-6-14(23-2)15(11-12)24(21,22)17-13-4-5-13/h3,6,11,13,17H,4-5,7-10H2,1-2H3. The number of hydrogen-bond acceptors (Lipinski definition) is 5. The van der Waals surface area contributed by atoms with Gasteiger partial charge < -0.3 is 14.5 Å². The molecule has 1 aliphatic carbocycles. The van der Waals surface area contributed by atoms with Crippen LogP contribution in [-0.4, -0.2) is 70.5 Å². The molecule has 0 atom stereocenters. The molecule has 1 N–H and O–H groups in total. The minimum Gasteiger partial charge on any atom is -0.495 e. The summed E-state index contributed by atoms with van der Waals surface area (Å²) >= 11 is 0. The second kappa shape index (κ2) is 6.70. The Kier molecular flexibility index (Phi) is 4.80. The zero-order valence-electron chi connectivity index (χ0n) is 14.0. The first kappa shape index (κ1) is 17.2. The number of benzene rings is 1. The summed E-state index contributed by atoms with van der Waals surface area (Å²) in [5.74, 6) is 0.103. The lowest BCUT2D eigenvalue weighted by Gasteiger charge is -2.32. The fourth-order valence-corrected chi connectivity index (χ4v) is 4.20. The molecule has 24 heavy (non-hydrogen) atoms. The molecule has 1 heterocycles. The van der Waals surface area contributed by atoms with E-state index in [1.807, 2.05) is 7.05 Å². The number of piperazine rings is 1. The van der Waals surface area contributed by atoms with E-state index in [0.717, 1.165) is 25.9 Å². The van der Waals surface area contributed by atoms with E-state index in [9.17, 15) is 13.2 Å². The number of sulfonamides is 1. The van der Waals surface area contributed by atoms with Gasteiger partial charge in [0.05, 0.1) is 7.11 Å². The summed E-state index contributed by atoms with van der Waals surface area (Å²) in [4.78, 5) is 16.6. The lowest BCUT2D eigenvalue weighted by molar-refractivity contribution is 0.0664. The number of nitrogens with zero attached hydrogens (tertiary/aromatic N) is 2. The number of carbonyl (C=O) groups excluding carboxylic acids is 1. The highest BCUT2D eigenvalue weighted by atomic mass is 32.2. The molecular formula is C16H23N3O4S. The Morgan fingerprint density at radius 2 is 1.88 bits per heavy atom. The van der Waals surface area contributed by atoms with E-state index in [1.54, 1.807) is 17.0 Å². The highest BCUT2D eigenvalue weighted by Gasteiger charge is 2.31. The number of methoxy groups -OCH3 is 1. The van der Waals surface area contributed by atoms with Crippen LogP contribution in [0.5, 0.6) is 5.75 Å². The molecule has 0 aromatic heterocycles. The maximum absolute atomic E-state index is 12.7. The average Bonchev–Trinajstić information content (AvgIpc) is 3.37. The van der Waals surface area contributed by atoms with Crippen LogP contribution in [0.1, 0.15) is 23.2 Å². The van der Waals surface area contributed by atoms with Crippen LogP contribution in [0.3, 0.4) is 0 Å². The van der Waals surface area contributed by atoms with Crippen molar-refractivity contribution in [2.24, 2.45) is 0 Å². The quantitative estimate of drug-likeness (QED) is 0.835. The van der Waals surface area contributed by atoms with Gasteiger partial charge >= 0.3 is 0 Å². The van der Waals surface area contributed by atoms with Crippen LogP contribution in [0.2, 0.25) is 0 Å². The van der Waals surface area contributed by atoms with E-state index in [-0.39, 0.29) is 22.6 Å². The van der Waals surface area contributed by atoms with Crippen molar-refractivity contribution in [3.63, 3.8) is 0 Å². The molecule has 3 rings (SSSR count). The Bertz CT molecular complexity index is 723. The lowest BCUT2D eigenvalue weighted by Crippen LogP contribution is -2.47. The Labute approximate surface area is 142 Å².